The molecule has 1 fully saturated rings. The number of aryl methyl sites for hydroxylation is 1. The molecule has 1 aromatic heterocycles. The SMILES string of the molecule is CN=C(NCc1ccc(OCC2CC2)nc1)NCc1cc(C)ccc1OC(F)F.I. The van der Waals surface area contributed by atoms with Gasteiger partial charge in [0.25, 0.3) is 0 Å². The summed E-state index contributed by atoms with van der Waals surface area (Å²) in [4.78, 5) is 8.48. The van der Waals surface area contributed by atoms with Crippen molar-refractivity contribution < 1.29 is 18.3 Å². The van der Waals surface area contributed by atoms with E-state index in [-0.39, 0.29) is 29.7 Å². The lowest BCUT2D eigenvalue weighted by molar-refractivity contribution is -0.0504. The van der Waals surface area contributed by atoms with Crippen LogP contribution in [0.25, 0.3) is 0 Å². The Bertz CT molecular complexity index is 830. The molecule has 3 rings (SSSR count). The van der Waals surface area contributed by atoms with Crippen molar-refractivity contribution in [1.29, 1.82) is 0 Å². The fraction of sp³-hybridized carbons (Fsp3) is 0.429. The van der Waals surface area contributed by atoms with Crippen LogP contribution < -0.4 is 20.1 Å². The van der Waals surface area contributed by atoms with Crippen molar-refractivity contribution in [2.24, 2.45) is 10.9 Å². The average molecular weight is 532 g/mol. The zero-order valence-corrected chi connectivity index (χ0v) is 19.4. The molecule has 2 N–H and O–H groups in total. The maximum absolute atomic E-state index is 12.6. The molecule has 0 amide bonds. The molecule has 0 aliphatic heterocycles. The number of rotatable bonds is 9. The van der Waals surface area contributed by atoms with Crippen molar-refractivity contribution in [1.82, 2.24) is 15.6 Å². The summed E-state index contributed by atoms with van der Waals surface area (Å²) in [5, 5.41) is 6.30. The van der Waals surface area contributed by atoms with Crippen LogP contribution in [0.4, 0.5) is 8.78 Å². The standard InChI is InChI=1S/C21H26F2N4O2.HI/c1-14-3-7-18(29-20(22)23)17(9-14)12-27-21(24-2)26-11-16-6-8-19(25-10-16)28-13-15-4-5-15;/h3,6-10,15,20H,4-5,11-13H2,1-2H3,(H2,24,26,27);1H. The van der Waals surface area contributed by atoms with E-state index in [0.717, 1.165) is 17.7 Å². The molecule has 1 aliphatic carbocycles. The molecule has 1 saturated carbocycles. The van der Waals surface area contributed by atoms with Crippen LogP contribution >= 0.6 is 24.0 Å². The van der Waals surface area contributed by atoms with Gasteiger partial charge in [-0.2, -0.15) is 8.78 Å². The third-order valence-electron chi connectivity index (χ3n) is 4.52. The van der Waals surface area contributed by atoms with Gasteiger partial charge in [0.2, 0.25) is 5.88 Å². The van der Waals surface area contributed by atoms with E-state index in [1.807, 2.05) is 25.1 Å². The minimum absolute atomic E-state index is 0. The number of hydrogen-bond donors (Lipinski definition) is 2. The first-order valence-electron chi connectivity index (χ1n) is 9.60. The van der Waals surface area contributed by atoms with Gasteiger partial charge in [0.15, 0.2) is 5.96 Å². The zero-order valence-electron chi connectivity index (χ0n) is 17.0. The second-order valence-electron chi connectivity index (χ2n) is 7.03. The number of guanidine groups is 1. The molecule has 0 radical (unpaired) electrons. The van der Waals surface area contributed by atoms with Crippen LogP contribution in [0.15, 0.2) is 41.5 Å². The number of halogens is 3. The van der Waals surface area contributed by atoms with Gasteiger partial charge in [-0.25, -0.2) is 4.98 Å². The largest absolute Gasteiger partial charge is 0.477 e. The third kappa shape index (κ3) is 7.92. The van der Waals surface area contributed by atoms with Crippen molar-refractivity contribution >= 4 is 29.9 Å². The zero-order chi connectivity index (χ0) is 20.6. The first kappa shape index (κ1) is 24.1. The third-order valence-corrected chi connectivity index (χ3v) is 4.52. The Balaban J connectivity index is 0.00000320. The number of pyridine rings is 1. The summed E-state index contributed by atoms with van der Waals surface area (Å²) in [6.45, 7) is 0.586. The van der Waals surface area contributed by atoms with Crippen LogP contribution in [0.1, 0.15) is 29.5 Å². The van der Waals surface area contributed by atoms with Crippen molar-refractivity contribution in [3.63, 3.8) is 0 Å². The van der Waals surface area contributed by atoms with E-state index in [4.69, 9.17) is 4.74 Å². The van der Waals surface area contributed by atoms with Crippen LogP contribution in [0.5, 0.6) is 11.6 Å². The lowest BCUT2D eigenvalue weighted by Crippen LogP contribution is -2.36. The maximum atomic E-state index is 12.6. The van der Waals surface area contributed by atoms with Crippen LogP contribution in [-0.4, -0.2) is 31.2 Å². The molecule has 2 aromatic rings. The monoisotopic (exact) mass is 532 g/mol. The van der Waals surface area contributed by atoms with Gasteiger partial charge in [0, 0.05) is 38.0 Å². The van der Waals surface area contributed by atoms with E-state index in [9.17, 15) is 8.78 Å². The number of nitrogens with zero attached hydrogens (tertiary/aromatic N) is 2. The molecule has 0 unspecified atom stereocenters. The number of ether oxygens (including phenoxy) is 2. The van der Waals surface area contributed by atoms with Crippen LogP contribution in [-0.2, 0) is 13.1 Å². The molecule has 30 heavy (non-hydrogen) atoms. The molecule has 0 bridgehead atoms. The second-order valence-corrected chi connectivity index (χ2v) is 7.03. The number of hydrogen-bond acceptors (Lipinski definition) is 4. The highest BCUT2D eigenvalue weighted by atomic mass is 127. The number of aliphatic imine (C=N–C) groups is 1. The number of benzene rings is 1. The molecule has 9 heteroatoms. The molecule has 0 spiro atoms. The van der Waals surface area contributed by atoms with Crippen LogP contribution in [0, 0.1) is 12.8 Å². The quantitative estimate of drug-likeness (QED) is 0.287. The summed E-state index contributed by atoms with van der Waals surface area (Å²) in [5.41, 5.74) is 2.57. The Morgan fingerprint density at radius 2 is 1.97 bits per heavy atom. The van der Waals surface area contributed by atoms with Gasteiger partial charge in [-0.05, 0) is 37.3 Å². The fourth-order valence-electron chi connectivity index (χ4n) is 2.73. The summed E-state index contributed by atoms with van der Waals surface area (Å²) in [7, 11) is 1.65. The van der Waals surface area contributed by atoms with Crippen molar-refractivity contribution in [2.45, 2.75) is 39.5 Å². The number of alkyl halides is 2. The van der Waals surface area contributed by atoms with E-state index in [0.29, 0.717) is 36.4 Å². The highest BCUT2D eigenvalue weighted by Crippen LogP contribution is 2.29. The minimum Gasteiger partial charge on any atom is -0.477 e. The van der Waals surface area contributed by atoms with Gasteiger partial charge in [-0.3, -0.25) is 4.99 Å². The molecule has 0 saturated heterocycles. The molecule has 1 aromatic carbocycles. The Kier molecular flexibility index (Phi) is 9.54. The van der Waals surface area contributed by atoms with E-state index < -0.39 is 6.61 Å². The Labute approximate surface area is 192 Å². The van der Waals surface area contributed by atoms with Gasteiger partial charge >= 0.3 is 6.61 Å². The smallest absolute Gasteiger partial charge is 0.387 e. The molecule has 1 heterocycles. The number of aromatic nitrogens is 1. The molecular formula is C21H27F2IN4O2. The second kappa shape index (κ2) is 11.9. The van der Waals surface area contributed by atoms with Gasteiger partial charge < -0.3 is 20.1 Å². The topological polar surface area (TPSA) is 67.8 Å². The van der Waals surface area contributed by atoms with Crippen molar-refractivity contribution in [2.75, 3.05) is 13.7 Å². The van der Waals surface area contributed by atoms with Gasteiger partial charge in [-0.1, -0.05) is 23.8 Å². The summed E-state index contributed by atoms with van der Waals surface area (Å²) < 4.78 is 35.4. The average Bonchev–Trinajstić information content (AvgIpc) is 3.53. The predicted octanol–water partition coefficient (Wildman–Crippen LogP) is 4.26. The summed E-state index contributed by atoms with van der Waals surface area (Å²) >= 11 is 0. The van der Waals surface area contributed by atoms with E-state index in [1.54, 1.807) is 25.4 Å². The first-order valence-corrected chi connectivity index (χ1v) is 9.60. The van der Waals surface area contributed by atoms with E-state index in [2.05, 4.69) is 25.3 Å². The first-order chi connectivity index (χ1) is 14.0. The maximum Gasteiger partial charge on any atom is 0.387 e. The van der Waals surface area contributed by atoms with E-state index >= 15 is 0 Å². The lowest BCUT2D eigenvalue weighted by Gasteiger charge is -2.15. The van der Waals surface area contributed by atoms with Crippen molar-refractivity contribution in [3.8, 4) is 11.6 Å². The summed E-state index contributed by atoms with van der Waals surface area (Å²) in [6.07, 6.45) is 4.25. The van der Waals surface area contributed by atoms with Crippen LogP contribution in [0.2, 0.25) is 0 Å². The summed E-state index contributed by atoms with van der Waals surface area (Å²) in [6, 6.07) is 8.90. The van der Waals surface area contributed by atoms with E-state index in [1.165, 1.54) is 12.8 Å². The molecule has 0 atom stereocenters. The lowest BCUT2D eigenvalue weighted by atomic mass is 10.1. The minimum atomic E-state index is -2.86. The van der Waals surface area contributed by atoms with Gasteiger partial charge in [-0.15, -0.1) is 24.0 Å². The Morgan fingerprint density at radius 3 is 2.60 bits per heavy atom. The van der Waals surface area contributed by atoms with Crippen LogP contribution in [0.3, 0.4) is 0 Å². The Hall–Kier alpha value is -2.17. The predicted molar refractivity (Wildman–Crippen MR) is 123 cm³/mol. The van der Waals surface area contributed by atoms with Gasteiger partial charge in [0.1, 0.15) is 5.75 Å². The highest BCUT2D eigenvalue weighted by Gasteiger charge is 2.22. The molecule has 6 nitrogen and oxygen atoms in total. The molecule has 1 aliphatic rings. The number of nitrogens with one attached hydrogen (secondary N) is 2. The van der Waals surface area contributed by atoms with Crippen molar-refractivity contribution in [3.05, 3.63) is 53.2 Å². The molecule has 164 valence electrons. The fourth-order valence-corrected chi connectivity index (χ4v) is 2.73. The summed E-state index contributed by atoms with van der Waals surface area (Å²) in [5.74, 6) is 2.02. The van der Waals surface area contributed by atoms with Gasteiger partial charge in [0.05, 0.1) is 6.61 Å². The Morgan fingerprint density at radius 1 is 1.20 bits per heavy atom. The molecular weight excluding hydrogens is 505 g/mol. The normalized spacial score (nSPS) is 13.6. The highest BCUT2D eigenvalue weighted by molar-refractivity contribution is 14.0.